The van der Waals surface area contributed by atoms with Gasteiger partial charge in [0.05, 0.1) is 5.39 Å². The summed E-state index contributed by atoms with van der Waals surface area (Å²) in [6.07, 6.45) is 1.39. The monoisotopic (exact) mass is 370 g/mol. The Bertz CT molecular complexity index is 958. The van der Waals surface area contributed by atoms with Gasteiger partial charge in [0.2, 0.25) is 0 Å². The fourth-order valence-corrected chi connectivity index (χ4v) is 4.49. The van der Waals surface area contributed by atoms with E-state index in [-0.39, 0.29) is 24.6 Å². The Morgan fingerprint density at radius 1 is 1.32 bits per heavy atom. The fraction of sp³-hybridized carbons (Fsp3) is 0.625. The Morgan fingerprint density at radius 2 is 2.00 bits per heavy atom. The van der Waals surface area contributed by atoms with Crippen LogP contribution in [0.5, 0.6) is 0 Å². The topological polar surface area (TPSA) is 68.1 Å². The first-order chi connectivity index (χ1) is 11.8. The van der Waals surface area contributed by atoms with Gasteiger partial charge < -0.3 is 0 Å². The van der Waals surface area contributed by atoms with E-state index in [2.05, 4.69) is 10.9 Å². The predicted molar refractivity (Wildman–Crippen MR) is 92.3 cm³/mol. The first-order valence-corrected chi connectivity index (χ1v) is 9.21. The molecule has 0 aliphatic heterocycles. The zero-order valence-corrected chi connectivity index (χ0v) is 14.9. The molecule has 2 fully saturated rings. The molecule has 6 nitrogen and oxygen atoms in total. The van der Waals surface area contributed by atoms with Crippen LogP contribution in [-0.4, -0.2) is 22.1 Å². The van der Waals surface area contributed by atoms with Crippen LogP contribution in [0.4, 0.5) is 8.78 Å². The zero-order valence-electron chi connectivity index (χ0n) is 14.1. The Kier molecular flexibility index (Phi) is 3.86. The van der Waals surface area contributed by atoms with Crippen molar-refractivity contribution in [3.05, 3.63) is 31.3 Å². The van der Waals surface area contributed by atoms with Crippen LogP contribution in [0.3, 0.4) is 0 Å². The molecule has 25 heavy (non-hydrogen) atoms. The number of halogens is 2. The third-order valence-electron chi connectivity index (χ3n) is 5.04. The van der Waals surface area contributed by atoms with Gasteiger partial charge in [-0.05, 0) is 32.4 Å². The van der Waals surface area contributed by atoms with Gasteiger partial charge in [0.15, 0.2) is 0 Å². The lowest BCUT2D eigenvalue weighted by Gasteiger charge is -2.11. The minimum Gasteiger partial charge on any atom is -0.284 e. The van der Waals surface area contributed by atoms with Crippen molar-refractivity contribution >= 4 is 21.6 Å². The molecule has 2 aromatic rings. The average Bonchev–Trinajstić information content (AvgIpc) is 3.44. The molecule has 0 spiro atoms. The van der Waals surface area contributed by atoms with Crippen LogP contribution in [0.1, 0.15) is 35.7 Å². The van der Waals surface area contributed by atoms with Crippen molar-refractivity contribution in [1.82, 2.24) is 20.0 Å². The maximum absolute atomic E-state index is 13.4. The number of hydrogen-bond donors (Lipinski definition) is 2. The number of aromatic nitrogens is 2. The maximum Gasteiger partial charge on any atom is 0.332 e. The highest BCUT2D eigenvalue weighted by Gasteiger charge is 2.57. The van der Waals surface area contributed by atoms with E-state index in [4.69, 9.17) is 0 Å². The molecule has 2 heterocycles. The molecule has 2 aliphatic carbocycles. The third kappa shape index (κ3) is 2.74. The van der Waals surface area contributed by atoms with Gasteiger partial charge in [-0.1, -0.05) is 0 Å². The molecule has 1 atom stereocenters. The van der Waals surface area contributed by atoms with Crippen LogP contribution in [0.2, 0.25) is 0 Å². The number of aryl methyl sites for hydroxylation is 1. The van der Waals surface area contributed by atoms with Crippen LogP contribution in [0.15, 0.2) is 9.59 Å². The third-order valence-corrected chi connectivity index (χ3v) is 6.35. The molecular weight excluding hydrogens is 350 g/mol. The summed E-state index contributed by atoms with van der Waals surface area (Å²) in [5.41, 5.74) is 5.89. The number of nitrogens with zero attached hydrogens (tertiary/aromatic N) is 2. The van der Waals surface area contributed by atoms with Gasteiger partial charge in [0, 0.05) is 36.3 Å². The highest BCUT2D eigenvalue weighted by molar-refractivity contribution is 7.18. The standard InChI is InChI=1S/C16H20F2N4O2S/c1-8-11(6-20-19-2)25-14-12(8)13(23)22(10-3-4-10)15(24)21(14)7-9-5-16(9,17)18/h9-10,19-20H,3-7H2,1-2H3. The Balaban J connectivity index is 1.91. The maximum atomic E-state index is 13.4. The van der Waals surface area contributed by atoms with E-state index >= 15 is 0 Å². The molecule has 0 saturated heterocycles. The van der Waals surface area contributed by atoms with Crippen molar-refractivity contribution in [3.63, 3.8) is 0 Å². The molecule has 4 rings (SSSR count). The Hall–Kier alpha value is -1.58. The minimum atomic E-state index is -2.70. The molecular formula is C16H20F2N4O2S. The van der Waals surface area contributed by atoms with Crippen LogP contribution in [0.25, 0.3) is 10.2 Å². The summed E-state index contributed by atoms with van der Waals surface area (Å²) in [5.74, 6) is -3.52. The van der Waals surface area contributed by atoms with E-state index < -0.39 is 17.5 Å². The molecule has 1 unspecified atom stereocenters. The van der Waals surface area contributed by atoms with E-state index in [9.17, 15) is 18.4 Å². The van der Waals surface area contributed by atoms with Crippen molar-refractivity contribution in [1.29, 1.82) is 0 Å². The van der Waals surface area contributed by atoms with Crippen molar-refractivity contribution < 1.29 is 8.78 Å². The average molecular weight is 370 g/mol. The second-order valence-electron chi connectivity index (χ2n) is 6.90. The van der Waals surface area contributed by atoms with E-state index in [1.807, 2.05) is 6.92 Å². The number of fused-ring (bicyclic) bond motifs is 1. The van der Waals surface area contributed by atoms with Gasteiger partial charge in [-0.25, -0.2) is 13.6 Å². The molecule has 0 radical (unpaired) electrons. The van der Waals surface area contributed by atoms with E-state index in [0.717, 1.165) is 23.3 Å². The van der Waals surface area contributed by atoms with E-state index in [1.165, 1.54) is 20.5 Å². The number of hydrogen-bond acceptors (Lipinski definition) is 5. The molecule has 0 aromatic carbocycles. The summed E-state index contributed by atoms with van der Waals surface area (Å²) in [5, 5.41) is 0.494. The van der Waals surface area contributed by atoms with Crippen molar-refractivity contribution in [2.45, 2.75) is 51.2 Å². The van der Waals surface area contributed by atoms with Crippen LogP contribution < -0.4 is 22.1 Å². The molecule has 2 saturated carbocycles. The molecule has 0 amide bonds. The quantitative estimate of drug-likeness (QED) is 0.761. The summed E-state index contributed by atoms with van der Waals surface area (Å²) in [6, 6.07) is -0.0893. The Labute approximate surface area is 146 Å². The summed E-state index contributed by atoms with van der Waals surface area (Å²) < 4.78 is 29.5. The molecule has 2 aliphatic rings. The van der Waals surface area contributed by atoms with Gasteiger partial charge in [0.1, 0.15) is 4.83 Å². The second-order valence-corrected chi connectivity index (χ2v) is 7.98. The largest absolute Gasteiger partial charge is 0.332 e. The molecule has 2 N–H and O–H groups in total. The lowest BCUT2D eigenvalue weighted by atomic mass is 10.2. The molecule has 2 aromatic heterocycles. The summed E-state index contributed by atoms with van der Waals surface area (Å²) in [4.78, 5) is 27.2. The number of alkyl halides is 2. The molecule has 136 valence electrons. The number of nitrogens with one attached hydrogen (secondary N) is 2. The SMILES string of the molecule is CNNCc1sc2c(c1C)c(=O)n(C1CC1)c(=O)n2CC1CC1(F)F. The van der Waals surface area contributed by atoms with Crippen LogP contribution in [-0.2, 0) is 13.1 Å². The molecule has 0 bridgehead atoms. The highest BCUT2D eigenvalue weighted by atomic mass is 32.1. The van der Waals surface area contributed by atoms with Gasteiger partial charge in [-0.15, -0.1) is 11.3 Å². The van der Waals surface area contributed by atoms with E-state index in [0.29, 0.717) is 16.8 Å². The van der Waals surface area contributed by atoms with Gasteiger partial charge >= 0.3 is 5.69 Å². The second kappa shape index (κ2) is 5.72. The minimum absolute atomic E-state index is 0.0335. The number of thiophene rings is 1. The lowest BCUT2D eigenvalue weighted by Crippen LogP contribution is -2.39. The van der Waals surface area contributed by atoms with Gasteiger partial charge in [0.25, 0.3) is 11.5 Å². The normalized spacial score (nSPS) is 21.8. The highest BCUT2D eigenvalue weighted by Crippen LogP contribution is 2.49. The first-order valence-electron chi connectivity index (χ1n) is 8.40. The lowest BCUT2D eigenvalue weighted by molar-refractivity contribution is 0.0950. The van der Waals surface area contributed by atoms with Gasteiger partial charge in [-0.2, -0.15) is 0 Å². The summed E-state index contributed by atoms with van der Waals surface area (Å²) >= 11 is 1.33. The molecule has 9 heteroatoms. The Morgan fingerprint density at radius 3 is 2.56 bits per heavy atom. The summed E-state index contributed by atoms with van der Waals surface area (Å²) in [6.45, 7) is 2.32. The van der Waals surface area contributed by atoms with Crippen molar-refractivity contribution in [2.75, 3.05) is 7.05 Å². The number of rotatable bonds is 6. The van der Waals surface area contributed by atoms with Crippen molar-refractivity contribution in [2.24, 2.45) is 5.92 Å². The van der Waals surface area contributed by atoms with Crippen molar-refractivity contribution in [3.8, 4) is 0 Å². The number of hydrazine groups is 1. The fourth-order valence-electron chi connectivity index (χ4n) is 3.25. The predicted octanol–water partition coefficient (Wildman–Crippen LogP) is 1.75. The smallest absolute Gasteiger partial charge is 0.284 e. The van der Waals surface area contributed by atoms with Crippen LogP contribution in [0, 0.1) is 12.8 Å². The van der Waals surface area contributed by atoms with Gasteiger partial charge in [-0.3, -0.25) is 24.8 Å². The zero-order chi connectivity index (χ0) is 17.9. The van der Waals surface area contributed by atoms with E-state index in [1.54, 1.807) is 7.05 Å². The first kappa shape index (κ1) is 16.9. The van der Waals surface area contributed by atoms with Crippen LogP contribution >= 0.6 is 11.3 Å². The summed E-state index contributed by atoms with van der Waals surface area (Å²) in [7, 11) is 1.74.